The number of urea groups is 1. The monoisotopic (exact) mass is 353 g/mol. The van der Waals surface area contributed by atoms with Crippen molar-refractivity contribution in [3.8, 4) is 0 Å². The Labute approximate surface area is 147 Å². The number of nitrogens with one attached hydrogen (secondary N) is 2. The van der Waals surface area contributed by atoms with E-state index in [-0.39, 0.29) is 11.8 Å². The maximum Gasteiger partial charge on any atom is 0.319 e. The van der Waals surface area contributed by atoms with E-state index in [1.165, 1.54) is 0 Å². The van der Waals surface area contributed by atoms with Gasteiger partial charge in [0.1, 0.15) is 6.04 Å². The molecule has 1 aliphatic heterocycles. The minimum absolute atomic E-state index is 0.0206. The molecule has 1 atom stereocenters. The molecule has 132 valence electrons. The predicted molar refractivity (Wildman–Crippen MR) is 94.4 cm³/mol. The quantitative estimate of drug-likeness (QED) is 0.874. The Hall–Kier alpha value is -1.79. The standard InChI is InChI=1S/C17H24ClN3O3/c1-11(2)15(16(22)21-6-8-24-9-7-21)20-17(23)19-13-5-4-12(3)14(18)10-13/h4-5,10-11,15H,6-9H2,1-3H3,(H2,19,20,23)/t15-/m0/s1. The van der Waals surface area contributed by atoms with E-state index in [2.05, 4.69) is 10.6 Å². The van der Waals surface area contributed by atoms with Gasteiger partial charge in [-0.3, -0.25) is 4.79 Å². The topological polar surface area (TPSA) is 70.7 Å². The van der Waals surface area contributed by atoms with E-state index in [0.717, 1.165) is 5.56 Å². The van der Waals surface area contributed by atoms with E-state index in [0.29, 0.717) is 37.0 Å². The highest BCUT2D eigenvalue weighted by atomic mass is 35.5. The number of rotatable bonds is 4. The third-order valence-electron chi connectivity index (χ3n) is 3.97. The number of nitrogens with zero attached hydrogens (tertiary/aromatic N) is 1. The molecule has 3 amide bonds. The van der Waals surface area contributed by atoms with Crippen LogP contribution in [-0.4, -0.2) is 49.2 Å². The van der Waals surface area contributed by atoms with Gasteiger partial charge in [0.2, 0.25) is 5.91 Å². The van der Waals surface area contributed by atoms with Crippen LogP contribution in [0.1, 0.15) is 19.4 Å². The molecule has 6 nitrogen and oxygen atoms in total. The highest BCUT2D eigenvalue weighted by Gasteiger charge is 2.29. The first-order chi connectivity index (χ1) is 11.4. The molecule has 2 N–H and O–H groups in total. The van der Waals surface area contributed by atoms with Crippen LogP contribution in [0.15, 0.2) is 18.2 Å². The van der Waals surface area contributed by atoms with Crippen molar-refractivity contribution in [2.75, 3.05) is 31.6 Å². The van der Waals surface area contributed by atoms with Crippen LogP contribution in [0.25, 0.3) is 0 Å². The van der Waals surface area contributed by atoms with E-state index >= 15 is 0 Å². The van der Waals surface area contributed by atoms with Crippen LogP contribution in [0.3, 0.4) is 0 Å². The molecule has 0 spiro atoms. The van der Waals surface area contributed by atoms with Crippen LogP contribution in [0, 0.1) is 12.8 Å². The summed E-state index contributed by atoms with van der Waals surface area (Å²) < 4.78 is 5.26. The summed E-state index contributed by atoms with van der Waals surface area (Å²) in [4.78, 5) is 26.6. The number of amides is 3. The highest BCUT2D eigenvalue weighted by molar-refractivity contribution is 6.31. The number of aryl methyl sites for hydroxylation is 1. The van der Waals surface area contributed by atoms with Crippen LogP contribution in [-0.2, 0) is 9.53 Å². The molecule has 1 aromatic rings. The minimum Gasteiger partial charge on any atom is -0.378 e. The van der Waals surface area contributed by atoms with Crippen molar-refractivity contribution >= 4 is 29.2 Å². The van der Waals surface area contributed by atoms with Crippen LogP contribution >= 0.6 is 11.6 Å². The molecule has 1 heterocycles. The summed E-state index contributed by atoms with van der Waals surface area (Å²) in [7, 11) is 0. The molecule has 2 rings (SSSR count). The molecule has 1 aromatic carbocycles. The average Bonchev–Trinajstić information content (AvgIpc) is 2.56. The molecule has 0 unspecified atom stereocenters. The fraction of sp³-hybridized carbons (Fsp3) is 0.529. The van der Waals surface area contributed by atoms with Crippen molar-refractivity contribution in [3.05, 3.63) is 28.8 Å². The maximum absolute atomic E-state index is 12.6. The fourth-order valence-electron chi connectivity index (χ4n) is 2.47. The van der Waals surface area contributed by atoms with Crippen molar-refractivity contribution in [2.24, 2.45) is 5.92 Å². The summed E-state index contributed by atoms with van der Waals surface area (Å²) in [5.41, 5.74) is 1.52. The number of anilines is 1. The van der Waals surface area contributed by atoms with Gasteiger partial charge >= 0.3 is 6.03 Å². The van der Waals surface area contributed by atoms with E-state index in [4.69, 9.17) is 16.3 Å². The Kier molecular flexibility index (Phi) is 6.45. The highest BCUT2D eigenvalue weighted by Crippen LogP contribution is 2.20. The smallest absolute Gasteiger partial charge is 0.319 e. The summed E-state index contributed by atoms with van der Waals surface area (Å²) >= 11 is 6.06. The lowest BCUT2D eigenvalue weighted by Crippen LogP contribution is -2.54. The van der Waals surface area contributed by atoms with Crippen LogP contribution in [0.4, 0.5) is 10.5 Å². The number of benzene rings is 1. The molecule has 7 heteroatoms. The molecule has 0 saturated carbocycles. The van der Waals surface area contributed by atoms with Gasteiger partial charge in [0.15, 0.2) is 0 Å². The summed E-state index contributed by atoms with van der Waals surface area (Å²) in [6.07, 6.45) is 0. The third kappa shape index (κ3) is 4.85. The average molecular weight is 354 g/mol. The fourth-order valence-corrected chi connectivity index (χ4v) is 2.65. The van der Waals surface area contributed by atoms with Gasteiger partial charge in [0.05, 0.1) is 13.2 Å². The second-order valence-corrected chi connectivity index (χ2v) is 6.63. The van der Waals surface area contributed by atoms with Crippen molar-refractivity contribution in [1.29, 1.82) is 0 Å². The molecule has 0 aromatic heterocycles. The van der Waals surface area contributed by atoms with Crippen molar-refractivity contribution in [1.82, 2.24) is 10.2 Å². The third-order valence-corrected chi connectivity index (χ3v) is 4.38. The Morgan fingerprint density at radius 3 is 2.50 bits per heavy atom. The molecule has 1 aliphatic rings. The van der Waals surface area contributed by atoms with Gasteiger partial charge in [0, 0.05) is 23.8 Å². The van der Waals surface area contributed by atoms with Crippen LogP contribution in [0.2, 0.25) is 5.02 Å². The lowest BCUT2D eigenvalue weighted by molar-refractivity contribution is -0.138. The first-order valence-corrected chi connectivity index (χ1v) is 8.46. The zero-order chi connectivity index (χ0) is 17.7. The second kappa shape index (κ2) is 8.35. The number of halogens is 1. The number of ether oxygens (including phenoxy) is 1. The van der Waals surface area contributed by atoms with Gasteiger partial charge < -0.3 is 20.3 Å². The number of carbonyl (C=O) groups excluding carboxylic acids is 2. The largest absolute Gasteiger partial charge is 0.378 e. The van der Waals surface area contributed by atoms with E-state index in [1.54, 1.807) is 17.0 Å². The molecule has 0 radical (unpaired) electrons. The zero-order valence-electron chi connectivity index (χ0n) is 14.3. The lowest BCUT2D eigenvalue weighted by Gasteiger charge is -2.32. The number of hydrogen-bond acceptors (Lipinski definition) is 3. The molecule has 0 bridgehead atoms. The van der Waals surface area contributed by atoms with Gasteiger partial charge in [-0.05, 0) is 30.5 Å². The van der Waals surface area contributed by atoms with Crippen molar-refractivity contribution in [3.63, 3.8) is 0 Å². The molecule has 24 heavy (non-hydrogen) atoms. The Bertz CT molecular complexity index is 601. The van der Waals surface area contributed by atoms with Gasteiger partial charge in [-0.15, -0.1) is 0 Å². The van der Waals surface area contributed by atoms with Crippen LogP contribution in [0.5, 0.6) is 0 Å². The summed E-state index contributed by atoms with van der Waals surface area (Å²) in [5.74, 6) is -0.0990. The normalized spacial score (nSPS) is 16.0. The van der Waals surface area contributed by atoms with E-state index in [1.807, 2.05) is 26.8 Å². The Morgan fingerprint density at radius 1 is 1.25 bits per heavy atom. The molecule has 1 saturated heterocycles. The number of carbonyl (C=O) groups is 2. The molecular weight excluding hydrogens is 330 g/mol. The minimum atomic E-state index is -0.580. The lowest BCUT2D eigenvalue weighted by atomic mass is 10.0. The van der Waals surface area contributed by atoms with E-state index < -0.39 is 12.1 Å². The Balaban J connectivity index is 1.99. The van der Waals surface area contributed by atoms with E-state index in [9.17, 15) is 9.59 Å². The maximum atomic E-state index is 12.6. The van der Waals surface area contributed by atoms with Gasteiger partial charge in [-0.1, -0.05) is 31.5 Å². The molecular formula is C17H24ClN3O3. The van der Waals surface area contributed by atoms with Crippen LogP contribution < -0.4 is 10.6 Å². The second-order valence-electron chi connectivity index (χ2n) is 6.22. The summed E-state index contributed by atoms with van der Waals surface area (Å²) in [6, 6.07) is 4.29. The van der Waals surface area contributed by atoms with Crippen molar-refractivity contribution in [2.45, 2.75) is 26.8 Å². The van der Waals surface area contributed by atoms with Gasteiger partial charge in [0.25, 0.3) is 0 Å². The summed E-state index contributed by atoms with van der Waals surface area (Å²) in [6.45, 7) is 7.88. The van der Waals surface area contributed by atoms with Gasteiger partial charge in [-0.25, -0.2) is 4.79 Å². The number of hydrogen-bond donors (Lipinski definition) is 2. The molecule has 1 fully saturated rings. The zero-order valence-corrected chi connectivity index (χ0v) is 15.0. The first kappa shape index (κ1) is 18.5. The number of morpholine rings is 1. The summed E-state index contributed by atoms with van der Waals surface area (Å²) in [5, 5.41) is 6.08. The SMILES string of the molecule is Cc1ccc(NC(=O)N[C@H](C(=O)N2CCOCC2)C(C)C)cc1Cl. The Morgan fingerprint density at radius 2 is 1.92 bits per heavy atom. The predicted octanol–water partition coefficient (Wildman–Crippen LogP) is 2.65. The van der Waals surface area contributed by atoms with Gasteiger partial charge in [-0.2, -0.15) is 0 Å². The molecule has 0 aliphatic carbocycles. The van der Waals surface area contributed by atoms with Crippen molar-refractivity contribution < 1.29 is 14.3 Å². The first-order valence-electron chi connectivity index (χ1n) is 8.08.